The molecule has 1 aromatic heterocycles. The van der Waals surface area contributed by atoms with Crippen molar-refractivity contribution < 1.29 is 9.84 Å². The SMILES string of the molecule is CC(C)OCC(O)Cn1nc(C2CC2)nc1C1CC1. The van der Waals surface area contributed by atoms with Crippen LogP contribution in [-0.4, -0.2) is 38.7 Å². The van der Waals surface area contributed by atoms with Crippen LogP contribution in [0, 0.1) is 0 Å². The highest BCUT2D eigenvalue weighted by Crippen LogP contribution is 2.42. The van der Waals surface area contributed by atoms with Crippen molar-refractivity contribution in [2.75, 3.05) is 6.61 Å². The van der Waals surface area contributed by atoms with Gasteiger partial charge in [-0.05, 0) is 39.5 Å². The summed E-state index contributed by atoms with van der Waals surface area (Å²) in [6, 6.07) is 0. The van der Waals surface area contributed by atoms with E-state index in [-0.39, 0.29) is 6.10 Å². The number of hydrogen-bond acceptors (Lipinski definition) is 4. The minimum Gasteiger partial charge on any atom is -0.389 e. The summed E-state index contributed by atoms with van der Waals surface area (Å²) in [7, 11) is 0. The van der Waals surface area contributed by atoms with Crippen LogP contribution in [0.4, 0.5) is 0 Å². The number of aliphatic hydroxyl groups is 1. The number of ether oxygens (including phenoxy) is 1. The lowest BCUT2D eigenvalue weighted by Gasteiger charge is -2.14. The fourth-order valence-corrected chi connectivity index (χ4v) is 2.22. The van der Waals surface area contributed by atoms with Gasteiger partial charge in [0.05, 0.1) is 25.4 Å². The molecule has 1 N–H and O–H groups in total. The summed E-state index contributed by atoms with van der Waals surface area (Å²) in [5.74, 6) is 3.20. The summed E-state index contributed by atoms with van der Waals surface area (Å²) >= 11 is 0. The highest BCUT2D eigenvalue weighted by Gasteiger charge is 2.34. The number of aromatic nitrogens is 3. The van der Waals surface area contributed by atoms with Gasteiger partial charge in [0.25, 0.3) is 0 Å². The van der Waals surface area contributed by atoms with Crippen molar-refractivity contribution in [2.24, 2.45) is 0 Å². The molecule has 19 heavy (non-hydrogen) atoms. The van der Waals surface area contributed by atoms with Crippen molar-refractivity contribution in [3.05, 3.63) is 11.6 Å². The molecule has 0 amide bonds. The molecule has 1 atom stereocenters. The zero-order valence-electron chi connectivity index (χ0n) is 11.7. The van der Waals surface area contributed by atoms with E-state index >= 15 is 0 Å². The van der Waals surface area contributed by atoms with Gasteiger partial charge in [-0.3, -0.25) is 0 Å². The largest absolute Gasteiger partial charge is 0.389 e. The average molecular weight is 265 g/mol. The molecule has 2 saturated carbocycles. The molecule has 0 radical (unpaired) electrons. The van der Waals surface area contributed by atoms with Crippen molar-refractivity contribution in [2.45, 2.75) is 70.1 Å². The molecule has 2 aliphatic carbocycles. The number of hydrogen-bond donors (Lipinski definition) is 1. The lowest BCUT2D eigenvalue weighted by molar-refractivity contribution is -0.00241. The number of nitrogens with zero attached hydrogens (tertiary/aromatic N) is 3. The lowest BCUT2D eigenvalue weighted by Crippen LogP contribution is -2.25. The first-order valence-electron chi connectivity index (χ1n) is 7.37. The van der Waals surface area contributed by atoms with E-state index in [1.54, 1.807) is 0 Å². The van der Waals surface area contributed by atoms with Crippen molar-refractivity contribution in [3.63, 3.8) is 0 Å². The van der Waals surface area contributed by atoms with Crippen LogP contribution in [0.25, 0.3) is 0 Å². The quantitative estimate of drug-likeness (QED) is 0.817. The van der Waals surface area contributed by atoms with E-state index in [0.717, 1.165) is 11.6 Å². The third kappa shape index (κ3) is 3.34. The second-order valence-electron chi connectivity index (χ2n) is 6.09. The maximum absolute atomic E-state index is 10.0. The second-order valence-corrected chi connectivity index (χ2v) is 6.09. The third-order valence-electron chi connectivity index (χ3n) is 3.61. The van der Waals surface area contributed by atoms with Gasteiger partial charge in [0.2, 0.25) is 0 Å². The molecule has 106 valence electrons. The maximum atomic E-state index is 10.0. The van der Waals surface area contributed by atoms with Crippen molar-refractivity contribution in [1.29, 1.82) is 0 Å². The molecule has 0 spiro atoms. The maximum Gasteiger partial charge on any atom is 0.154 e. The Bertz CT molecular complexity index is 436. The molecule has 5 nitrogen and oxygen atoms in total. The van der Waals surface area contributed by atoms with Gasteiger partial charge in [-0.1, -0.05) is 0 Å². The molecule has 1 aromatic rings. The molecular formula is C14H23N3O2. The predicted molar refractivity (Wildman–Crippen MR) is 71.1 cm³/mol. The van der Waals surface area contributed by atoms with Crippen LogP contribution in [0.1, 0.15) is 63.0 Å². The monoisotopic (exact) mass is 265 g/mol. The van der Waals surface area contributed by atoms with Gasteiger partial charge in [0.15, 0.2) is 5.82 Å². The standard InChI is InChI=1S/C14H23N3O2/c1-9(2)19-8-12(18)7-17-14(11-5-6-11)15-13(16-17)10-3-4-10/h9-12,18H,3-8H2,1-2H3. The minimum atomic E-state index is -0.506. The highest BCUT2D eigenvalue weighted by molar-refractivity contribution is 5.12. The average Bonchev–Trinajstić information content (AvgIpc) is 3.25. The topological polar surface area (TPSA) is 60.2 Å². The number of aliphatic hydroxyl groups excluding tert-OH is 1. The van der Waals surface area contributed by atoms with Crippen LogP contribution >= 0.6 is 0 Å². The van der Waals surface area contributed by atoms with E-state index in [1.165, 1.54) is 25.7 Å². The van der Waals surface area contributed by atoms with Crippen LogP contribution in [0.3, 0.4) is 0 Å². The molecule has 3 rings (SSSR count). The van der Waals surface area contributed by atoms with Crippen molar-refractivity contribution in [1.82, 2.24) is 14.8 Å². The van der Waals surface area contributed by atoms with Crippen LogP contribution in [-0.2, 0) is 11.3 Å². The van der Waals surface area contributed by atoms with Crippen LogP contribution in [0.2, 0.25) is 0 Å². The molecule has 2 fully saturated rings. The summed E-state index contributed by atoms with van der Waals surface area (Å²) in [4.78, 5) is 4.68. The van der Waals surface area contributed by atoms with E-state index in [9.17, 15) is 5.11 Å². The summed E-state index contributed by atoms with van der Waals surface area (Å²) < 4.78 is 7.36. The molecule has 1 heterocycles. The first kappa shape index (κ1) is 13.1. The van der Waals surface area contributed by atoms with Gasteiger partial charge >= 0.3 is 0 Å². The smallest absolute Gasteiger partial charge is 0.154 e. The predicted octanol–water partition coefficient (Wildman–Crippen LogP) is 1.82. The summed E-state index contributed by atoms with van der Waals surface area (Å²) in [6.45, 7) is 4.81. The fraction of sp³-hybridized carbons (Fsp3) is 0.857. The zero-order chi connectivity index (χ0) is 13.4. The molecule has 0 bridgehead atoms. The van der Waals surface area contributed by atoms with Gasteiger partial charge in [0.1, 0.15) is 5.82 Å². The Morgan fingerprint density at radius 2 is 1.95 bits per heavy atom. The Hall–Kier alpha value is -0.940. The highest BCUT2D eigenvalue weighted by atomic mass is 16.5. The second kappa shape index (κ2) is 5.21. The normalized spacial score (nSPS) is 21.1. The lowest BCUT2D eigenvalue weighted by atomic mass is 10.3. The first-order chi connectivity index (χ1) is 9.13. The first-order valence-corrected chi connectivity index (χ1v) is 7.37. The van der Waals surface area contributed by atoms with E-state index in [4.69, 9.17) is 4.74 Å². The third-order valence-corrected chi connectivity index (χ3v) is 3.61. The van der Waals surface area contributed by atoms with Crippen LogP contribution < -0.4 is 0 Å². The fourth-order valence-electron chi connectivity index (χ4n) is 2.22. The van der Waals surface area contributed by atoms with E-state index in [1.807, 2.05) is 18.5 Å². The van der Waals surface area contributed by atoms with E-state index in [2.05, 4.69) is 10.1 Å². The molecular weight excluding hydrogens is 242 g/mol. The Kier molecular flexibility index (Phi) is 3.58. The Labute approximate surface area is 114 Å². The Balaban J connectivity index is 1.65. The minimum absolute atomic E-state index is 0.148. The van der Waals surface area contributed by atoms with Gasteiger partial charge in [-0.25, -0.2) is 9.67 Å². The van der Waals surface area contributed by atoms with E-state index < -0.39 is 6.10 Å². The van der Waals surface area contributed by atoms with Gasteiger partial charge in [-0.2, -0.15) is 5.10 Å². The number of rotatable bonds is 7. The molecule has 5 heteroatoms. The Morgan fingerprint density at radius 3 is 2.53 bits per heavy atom. The molecule has 2 aliphatic rings. The van der Waals surface area contributed by atoms with Crippen molar-refractivity contribution in [3.8, 4) is 0 Å². The van der Waals surface area contributed by atoms with Crippen molar-refractivity contribution >= 4 is 0 Å². The Morgan fingerprint density at radius 1 is 1.26 bits per heavy atom. The van der Waals surface area contributed by atoms with Gasteiger partial charge in [-0.15, -0.1) is 0 Å². The van der Waals surface area contributed by atoms with Gasteiger partial charge < -0.3 is 9.84 Å². The zero-order valence-corrected chi connectivity index (χ0v) is 11.7. The van der Waals surface area contributed by atoms with Gasteiger partial charge in [0, 0.05) is 11.8 Å². The van der Waals surface area contributed by atoms with E-state index in [0.29, 0.717) is 25.0 Å². The molecule has 0 saturated heterocycles. The van der Waals surface area contributed by atoms with Crippen LogP contribution in [0.5, 0.6) is 0 Å². The summed E-state index contributed by atoms with van der Waals surface area (Å²) in [5.41, 5.74) is 0. The van der Waals surface area contributed by atoms with Crippen LogP contribution in [0.15, 0.2) is 0 Å². The molecule has 1 unspecified atom stereocenters. The molecule has 0 aliphatic heterocycles. The molecule has 0 aromatic carbocycles. The summed E-state index contributed by atoms with van der Waals surface area (Å²) in [6.07, 6.45) is 4.49. The summed E-state index contributed by atoms with van der Waals surface area (Å²) in [5, 5.41) is 14.6.